The second kappa shape index (κ2) is 20.7. The third-order valence-corrected chi connectivity index (χ3v) is 19.3. The van der Waals surface area contributed by atoms with Gasteiger partial charge in [-0.25, -0.2) is 0 Å². The summed E-state index contributed by atoms with van der Waals surface area (Å²) < 4.78 is 9.60. The predicted molar refractivity (Wildman–Crippen MR) is 391 cm³/mol. The zero-order chi connectivity index (χ0) is 60.4. The molecule has 16 aromatic carbocycles. The van der Waals surface area contributed by atoms with Crippen LogP contribution in [0.15, 0.2) is 340 Å². The van der Waals surface area contributed by atoms with Crippen LogP contribution in [0.25, 0.3) is 175 Å². The highest BCUT2D eigenvalue weighted by Crippen LogP contribution is 2.42. The lowest BCUT2D eigenvalue weighted by atomic mass is 10.0. The largest absolute Gasteiger partial charge is 0.309 e. The zero-order valence-corrected chi connectivity index (χ0v) is 50.1. The summed E-state index contributed by atoms with van der Waals surface area (Å²) in [5.74, 6) is 0. The number of rotatable bonds is 6. The van der Waals surface area contributed by atoms with Crippen molar-refractivity contribution in [1.82, 2.24) is 18.3 Å². The fourth-order valence-electron chi connectivity index (χ4n) is 15.1. The standard InChI is InChI=1S/2C44H28N2/c1-3-11-31-25-35(21-17-29(31)9-1)45-41-15-7-5-13-37(41)39-27-33(19-23-43(39)45)34-20-24-44-40(28-34)38-14-6-8-16-42(38)46(44)36-22-18-30-10-2-4-12-32(30)26-36;1-2-11-33(12-3-1)45-41-16-8-6-14-37(41)39-27-30(20-24-43(39)45)31-21-25-44-40(28-31)38-15-7-9-17-42(38)46(44)34-22-23-36-32(26-34)19-18-29-10-4-5-13-35(29)36/h2*1-28H. The van der Waals surface area contributed by atoms with Gasteiger partial charge in [0.1, 0.15) is 0 Å². The highest BCUT2D eigenvalue weighted by molar-refractivity contribution is 6.16. The maximum atomic E-state index is 2.42. The minimum absolute atomic E-state index is 1.18. The Kier molecular flexibility index (Phi) is 11.6. The molecule has 4 aromatic heterocycles. The van der Waals surface area contributed by atoms with E-state index >= 15 is 0 Å². The molecule has 0 aliphatic rings. The first-order chi connectivity index (χ1) is 45.6. The van der Waals surface area contributed by atoms with Gasteiger partial charge in [-0.05, 0) is 187 Å². The average molecular weight is 1170 g/mol. The Labute approximate surface area is 530 Å². The highest BCUT2D eigenvalue weighted by Gasteiger charge is 2.20. The van der Waals surface area contributed by atoms with Gasteiger partial charge in [-0.3, -0.25) is 0 Å². The summed E-state index contributed by atoms with van der Waals surface area (Å²) in [6.45, 7) is 0. The van der Waals surface area contributed by atoms with Crippen molar-refractivity contribution in [3.63, 3.8) is 0 Å². The van der Waals surface area contributed by atoms with E-state index in [-0.39, 0.29) is 0 Å². The summed E-state index contributed by atoms with van der Waals surface area (Å²) >= 11 is 0. The molecular formula is C88H56N4. The van der Waals surface area contributed by atoms with Crippen LogP contribution in [-0.4, -0.2) is 18.3 Å². The van der Waals surface area contributed by atoms with Gasteiger partial charge >= 0.3 is 0 Å². The van der Waals surface area contributed by atoms with Crippen molar-refractivity contribution in [3.8, 4) is 45.0 Å². The van der Waals surface area contributed by atoms with E-state index in [1.807, 2.05) is 0 Å². The first-order valence-corrected chi connectivity index (χ1v) is 31.7. The van der Waals surface area contributed by atoms with Gasteiger partial charge in [-0.1, -0.05) is 218 Å². The lowest BCUT2D eigenvalue weighted by molar-refractivity contribution is 1.18. The molecule has 4 nitrogen and oxygen atoms in total. The molecule has 0 saturated carbocycles. The van der Waals surface area contributed by atoms with Gasteiger partial charge in [0.25, 0.3) is 0 Å². The third-order valence-electron chi connectivity index (χ3n) is 19.3. The Bertz CT molecular complexity index is 6190. The van der Waals surface area contributed by atoms with Crippen molar-refractivity contribution in [1.29, 1.82) is 0 Å². The third kappa shape index (κ3) is 8.17. The highest BCUT2D eigenvalue weighted by atomic mass is 15.0. The Morgan fingerprint density at radius 1 is 0.130 bits per heavy atom. The molecular weight excluding hydrogens is 1110 g/mol. The molecule has 20 rings (SSSR count). The summed E-state index contributed by atoms with van der Waals surface area (Å²) in [6.07, 6.45) is 0. The van der Waals surface area contributed by atoms with E-state index in [4.69, 9.17) is 0 Å². The molecule has 92 heavy (non-hydrogen) atoms. The van der Waals surface area contributed by atoms with Crippen molar-refractivity contribution >= 4 is 130 Å². The minimum Gasteiger partial charge on any atom is -0.309 e. The molecule has 0 bridgehead atoms. The molecule has 0 unspecified atom stereocenters. The quantitative estimate of drug-likeness (QED) is 0.148. The number of nitrogens with zero attached hydrogens (tertiary/aromatic N) is 4. The van der Waals surface area contributed by atoms with E-state index < -0.39 is 0 Å². The molecule has 4 heterocycles. The first kappa shape index (κ1) is 51.8. The van der Waals surface area contributed by atoms with Gasteiger partial charge in [0.15, 0.2) is 0 Å². The van der Waals surface area contributed by atoms with Gasteiger partial charge in [0.05, 0.1) is 44.1 Å². The number of hydrogen-bond donors (Lipinski definition) is 0. The van der Waals surface area contributed by atoms with Crippen LogP contribution in [0.4, 0.5) is 0 Å². The fraction of sp³-hybridized carbons (Fsp3) is 0. The van der Waals surface area contributed by atoms with E-state index in [0.29, 0.717) is 0 Å². The second-order valence-electron chi connectivity index (χ2n) is 24.4. The summed E-state index contributed by atoms with van der Waals surface area (Å²) in [5, 5.41) is 20.2. The Morgan fingerprint density at radius 3 is 0.815 bits per heavy atom. The van der Waals surface area contributed by atoms with Crippen LogP contribution in [0.5, 0.6) is 0 Å². The lowest BCUT2D eigenvalue weighted by Gasteiger charge is -2.11. The molecule has 428 valence electrons. The average Bonchev–Trinajstić information content (AvgIpc) is 1.60. The van der Waals surface area contributed by atoms with Gasteiger partial charge in [0.2, 0.25) is 0 Å². The molecule has 0 aliphatic heterocycles. The number of para-hydroxylation sites is 5. The molecule has 0 fully saturated rings. The van der Waals surface area contributed by atoms with Crippen molar-refractivity contribution in [2.24, 2.45) is 0 Å². The minimum atomic E-state index is 1.18. The van der Waals surface area contributed by atoms with Gasteiger partial charge < -0.3 is 18.3 Å². The van der Waals surface area contributed by atoms with Crippen LogP contribution in [0, 0.1) is 0 Å². The van der Waals surface area contributed by atoms with Crippen LogP contribution >= 0.6 is 0 Å². The molecule has 0 amide bonds. The molecule has 0 N–H and O–H groups in total. The molecule has 0 spiro atoms. The van der Waals surface area contributed by atoms with Crippen molar-refractivity contribution in [2.75, 3.05) is 0 Å². The summed E-state index contributed by atoms with van der Waals surface area (Å²) in [5.41, 5.74) is 19.4. The van der Waals surface area contributed by atoms with Crippen LogP contribution in [0.3, 0.4) is 0 Å². The van der Waals surface area contributed by atoms with E-state index in [2.05, 4.69) is 358 Å². The van der Waals surface area contributed by atoms with Crippen molar-refractivity contribution < 1.29 is 0 Å². The van der Waals surface area contributed by atoms with E-state index in [9.17, 15) is 0 Å². The van der Waals surface area contributed by atoms with Gasteiger partial charge in [0, 0.05) is 65.8 Å². The molecule has 0 saturated heterocycles. The molecule has 4 heteroatoms. The zero-order valence-electron chi connectivity index (χ0n) is 50.1. The van der Waals surface area contributed by atoms with Crippen molar-refractivity contribution in [2.45, 2.75) is 0 Å². The Morgan fingerprint density at radius 2 is 0.402 bits per heavy atom. The maximum Gasteiger partial charge on any atom is 0.0541 e. The molecule has 0 atom stereocenters. The topological polar surface area (TPSA) is 19.7 Å². The van der Waals surface area contributed by atoms with Crippen molar-refractivity contribution in [3.05, 3.63) is 340 Å². The number of hydrogen-bond acceptors (Lipinski definition) is 0. The SMILES string of the molecule is c1ccc(-n2c3ccccc3c3cc(-c4ccc5c(c4)c4ccccc4n5-c4ccc5c(ccc6ccccc65)c4)ccc32)cc1.c1ccc2cc(-n3c4ccccc4c4cc(-c5ccc6c(c5)c5ccccc5n6-c5ccc6ccccc6c5)ccc43)ccc2c1. The van der Waals surface area contributed by atoms with E-state index in [0.717, 1.165) is 0 Å². The smallest absolute Gasteiger partial charge is 0.0541 e. The summed E-state index contributed by atoms with van der Waals surface area (Å²) in [6, 6.07) is 124. The normalized spacial score (nSPS) is 11.9. The van der Waals surface area contributed by atoms with E-state index in [1.54, 1.807) is 0 Å². The molecule has 0 aliphatic carbocycles. The van der Waals surface area contributed by atoms with Crippen LogP contribution in [0.1, 0.15) is 0 Å². The number of fused-ring (bicyclic) bond motifs is 17. The Hall–Kier alpha value is -12.2. The number of aromatic nitrogens is 4. The van der Waals surface area contributed by atoms with Crippen LogP contribution in [0.2, 0.25) is 0 Å². The van der Waals surface area contributed by atoms with E-state index in [1.165, 1.54) is 175 Å². The predicted octanol–water partition coefficient (Wildman–Crippen LogP) is 23.7. The Balaban J connectivity index is 0.000000132. The fourth-order valence-corrected chi connectivity index (χ4v) is 15.1. The monoisotopic (exact) mass is 1170 g/mol. The lowest BCUT2D eigenvalue weighted by Crippen LogP contribution is -1.94. The second-order valence-corrected chi connectivity index (χ2v) is 24.4. The molecule has 0 radical (unpaired) electrons. The maximum absolute atomic E-state index is 2.42. The van der Waals surface area contributed by atoms with Crippen LogP contribution in [-0.2, 0) is 0 Å². The van der Waals surface area contributed by atoms with Gasteiger partial charge in [-0.15, -0.1) is 0 Å². The van der Waals surface area contributed by atoms with Gasteiger partial charge in [-0.2, -0.15) is 0 Å². The summed E-state index contributed by atoms with van der Waals surface area (Å²) in [7, 11) is 0. The first-order valence-electron chi connectivity index (χ1n) is 31.7. The van der Waals surface area contributed by atoms with Crippen LogP contribution < -0.4 is 0 Å². The molecule has 20 aromatic rings. The summed E-state index contributed by atoms with van der Waals surface area (Å²) in [4.78, 5) is 0. The number of benzene rings is 16.